The smallest absolute Gasteiger partial charge is 0.147 e. The molecule has 2 N–H and O–H groups in total. The molecular formula is C12H9Cl2FN2S. The number of nitrogens with zero attached hydrogens (tertiary/aromatic N) is 1. The van der Waals surface area contributed by atoms with Crippen LogP contribution >= 0.6 is 35.0 Å². The molecule has 1 aromatic carbocycles. The maximum absolute atomic E-state index is 13.2. The molecule has 0 fully saturated rings. The number of pyridine rings is 1. The first-order valence-electron chi connectivity index (χ1n) is 5.05. The monoisotopic (exact) mass is 302 g/mol. The van der Waals surface area contributed by atoms with E-state index in [0.29, 0.717) is 21.6 Å². The number of nitrogen functional groups attached to an aromatic ring is 1. The van der Waals surface area contributed by atoms with Crippen LogP contribution in [-0.2, 0) is 5.75 Å². The largest absolute Gasteiger partial charge is 0.396 e. The highest BCUT2D eigenvalue weighted by atomic mass is 35.5. The molecule has 18 heavy (non-hydrogen) atoms. The molecule has 1 heterocycles. The van der Waals surface area contributed by atoms with Gasteiger partial charge in [0, 0.05) is 10.6 Å². The number of halogens is 3. The number of aromatic nitrogens is 1. The molecule has 0 bridgehead atoms. The third kappa shape index (κ3) is 3.28. The van der Waals surface area contributed by atoms with Crippen molar-refractivity contribution in [1.29, 1.82) is 0 Å². The van der Waals surface area contributed by atoms with Gasteiger partial charge in [-0.05, 0) is 30.3 Å². The van der Waals surface area contributed by atoms with Crippen molar-refractivity contribution in [3.8, 4) is 0 Å². The first-order valence-corrected chi connectivity index (χ1v) is 6.79. The Morgan fingerprint density at radius 3 is 2.72 bits per heavy atom. The van der Waals surface area contributed by atoms with Gasteiger partial charge in [0.2, 0.25) is 0 Å². The predicted octanol–water partition coefficient (Wildman–Crippen LogP) is 4.40. The fourth-order valence-corrected chi connectivity index (χ4v) is 2.60. The Morgan fingerprint density at radius 2 is 2.00 bits per heavy atom. The van der Waals surface area contributed by atoms with Crippen LogP contribution in [0.15, 0.2) is 35.2 Å². The number of thioether (sulfide) groups is 1. The molecule has 2 rings (SSSR count). The molecule has 0 unspecified atom stereocenters. The third-order valence-corrected chi connectivity index (χ3v) is 3.79. The van der Waals surface area contributed by atoms with Gasteiger partial charge in [-0.2, -0.15) is 0 Å². The minimum absolute atomic E-state index is 0.137. The molecule has 6 heteroatoms. The van der Waals surface area contributed by atoms with Gasteiger partial charge in [-0.1, -0.05) is 23.2 Å². The Hall–Kier alpha value is -0.970. The zero-order valence-electron chi connectivity index (χ0n) is 9.16. The first-order chi connectivity index (χ1) is 8.56. The fourth-order valence-electron chi connectivity index (χ4n) is 1.31. The second-order valence-electron chi connectivity index (χ2n) is 3.53. The van der Waals surface area contributed by atoms with E-state index in [9.17, 15) is 4.39 Å². The van der Waals surface area contributed by atoms with Crippen molar-refractivity contribution in [2.45, 2.75) is 10.6 Å². The molecule has 1 aromatic heterocycles. The van der Waals surface area contributed by atoms with Gasteiger partial charge in [-0.3, -0.25) is 0 Å². The topological polar surface area (TPSA) is 38.9 Å². The molecule has 0 radical (unpaired) electrons. The number of anilines is 1. The SMILES string of the molecule is Nc1ccc(SCc2nc(Cl)ccc2Cl)cc1F. The van der Waals surface area contributed by atoms with Crippen molar-refractivity contribution >= 4 is 40.7 Å². The maximum atomic E-state index is 13.2. The highest BCUT2D eigenvalue weighted by Crippen LogP contribution is 2.28. The second kappa shape index (κ2) is 5.78. The van der Waals surface area contributed by atoms with Gasteiger partial charge in [0.25, 0.3) is 0 Å². The van der Waals surface area contributed by atoms with Crippen LogP contribution in [0.1, 0.15) is 5.69 Å². The summed E-state index contributed by atoms with van der Waals surface area (Å²) in [6.45, 7) is 0. The van der Waals surface area contributed by atoms with Crippen LogP contribution in [-0.4, -0.2) is 4.98 Å². The van der Waals surface area contributed by atoms with Crippen LogP contribution in [0, 0.1) is 5.82 Å². The van der Waals surface area contributed by atoms with Crippen molar-refractivity contribution in [3.63, 3.8) is 0 Å². The van der Waals surface area contributed by atoms with Crippen LogP contribution < -0.4 is 5.73 Å². The van der Waals surface area contributed by atoms with Gasteiger partial charge in [0.05, 0.1) is 16.4 Å². The fraction of sp³-hybridized carbons (Fsp3) is 0.0833. The summed E-state index contributed by atoms with van der Waals surface area (Å²) in [7, 11) is 0. The van der Waals surface area contributed by atoms with Gasteiger partial charge >= 0.3 is 0 Å². The van der Waals surface area contributed by atoms with Crippen molar-refractivity contribution < 1.29 is 4.39 Å². The summed E-state index contributed by atoms with van der Waals surface area (Å²) in [6, 6.07) is 7.99. The molecular weight excluding hydrogens is 294 g/mol. The lowest BCUT2D eigenvalue weighted by Gasteiger charge is -2.05. The quantitative estimate of drug-likeness (QED) is 0.519. The Labute approximate surface area is 118 Å². The molecule has 0 saturated heterocycles. The van der Waals surface area contributed by atoms with Crippen LogP contribution in [0.3, 0.4) is 0 Å². The van der Waals surface area contributed by atoms with E-state index in [-0.39, 0.29) is 5.69 Å². The standard InChI is InChI=1S/C12H9Cl2FN2S/c13-8-2-4-12(14)17-11(8)6-18-7-1-3-10(16)9(15)5-7/h1-5H,6,16H2. The van der Waals surface area contributed by atoms with Gasteiger partial charge in [-0.15, -0.1) is 11.8 Å². The van der Waals surface area contributed by atoms with Crippen LogP contribution in [0.2, 0.25) is 10.2 Å². The van der Waals surface area contributed by atoms with E-state index >= 15 is 0 Å². The number of rotatable bonds is 3. The zero-order chi connectivity index (χ0) is 13.1. The minimum Gasteiger partial charge on any atom is -0.396 e. The molecule has 0 aliphatic heterocycles. The van der Waals surface area contributed by atoms with Gasteiger partial charge in [-0.25, -0.2) is 9.37 Å². The second-order valence-corrected chi connectivity index (χ2v) is 5.38. The lowest BCUT2D eigenvalue weighted by atomic mass is 10.3. The van der Waals surface area contributed by atoms with Gasteiger partial charge in [0.15, 0.2) is 0 Å². The van der Waals surface area contributed by atoms with E-state index in [2.05, 4.69) is 4.98 Å². The first kappa shape index (κ1) is 13.5. The molecule has 0 aliphatic carbocycles. The number of hydrogen-bond donors (Lipinski definition) is 1. The predicted molar refractivity (Wildman–Crippen MR) is 74.6 cm³/mol. The van der Waals surface area contributed by atoms with E-state index in [4.69, 9.17) is 28.9 Å². The lowest BCUT2D eigenvalue weighted by molar-refractivity contribution is 0.629. The van der Waals surface area contributed by atoms with Crippen molar-refractivity contribution in [2.24, 2.45) is 0 Å². The summed E-state index contributed by atoms with van der Waals surface area (Å²) in [5.74, 6) is 0.0908. The summed E-state index contributed by atoms with van der Waals surface area (Å²) in [4.78, 5) is 4.89. The molecule has 94 valence electrons. The molecule has 0 spiro atoms. The summed E-state index contributed by atoms with van der Waals surface area (Å²) in [5.41, 5.74) is 6.21. The summed E-state index contributed by atoms with van der Waals surface area (Å²) >= 11 is 13.2. The number of benzene rings is 1. The lowest BCUT2D eigenvalue weighted by Crippen LogP contribution is -1.91. The molecule has 0 saturated carbocycles. The van der Waals surface area contributed by atoms with E-state index < -0.39 is 5.82 Å². The molecule has 0 atom stereocenters. The van der Waals surface area contributed by atoms with Crippen molar-refractivity contribution in [1.82, 2.24) is 4.98 Å². The van der Waals surface area contributed by atoms with Crippen LogP contribution in [0.5, 0.6) is 0 Å². The molecule has 2 nitrogen and oxygen atoms in total. The average molecular weight is 303 g/mol. The van der Waals surface area contributed by atoms with E-state index in [1.54, 1.807) is 18.2 Å². The average Bonchev–Trinajstić information content (AvgIpc) is 2.34. The Kier molecular flexibility index (Phi) is 4.32. The summed E-state index contributed by atoms with van der Waals surface area (Å²) in [5, 5.41) is 0.932. The zero-order valence-corrected chi connectivity index (χ0v) is 11.5. The molecule has 0 aliphatic rings. The Bertz CT molecular complexity index is 578. The Balaban J connectivity index is 2.11. The van der Waals surface area contributed by atoms with E-state index in [1.165, 1.54) is 23.9 Å². The number of nitrogens with two attached hydrogens (primary N) is 1. The normalized spacial score (nSPS) is 10.6. The van der Waals surface area contributed by atoms with E-state index in [1.807, 2.05) is 0 Å². The highest BCUT2D eigenvalue weighted by Gasteiger charge is 2.06. The minimum atomic E-state index is -0.426. The molecule has 0 amide bonds. The van der Waals surface area contributed by atoms with Crippen LogP contribution in [0.25, 0.3) is 0 Å². The third-order valence-electron chi connectivity index (χ3n) is 2.23. The van der Waals surface area contributed by atoms with Crippen LogP contribution in [0.4, 0.5) is 10.1 Å². The van der Waals surface area contributed by atoms with Crippen molar-refractivity contribution in [3.05, 3.63) is 52.0 Å². The van der Waals surface area contributed by atoms with Crippen molar-refractivity contribution in [2.75, 3.05) is 5.73 Å². The van der Waals surface area contributed by atoms with E-state index in [0.717, 1.165) is 4.90 Å². The number of hydrogen-bond acceptors (Lipinski definition) is 3. The molecule has 2 aromatic rings. The van der Waals surface area contributed by atoms with Gasteiger partial charge < -0.3 is 5.73 Å². The summed E-state index contributed by atoms with van der Waals surface area (Å²) in [6.07, 6.45) is 0. The maximum Gasteiger partial charge on any atom is 0.147 e. The highest BCUT2D eigenvalue weighted by molar-refractivity contribution is 7.98. The van der Waals surface area contributed by atoms with Gasteiger partial charge in [0.1, 0.15) is 11.0 Å². The summed E-state index contributed by atoms with van der Waals surface area (Å²) < 4.78 is 13.2. The Morgan fingerprint density at radius 1 is 1.22 bits per heavy atom.